The topological polar surface area (TPSA) is 102 Å². The fourth-order valence-corrected chi connectivity index (χ4v) is 3.47. The normalized spacial score (nSPS) is 12.3. The first-order valence-electron chi connectivity index (χ1n) is 11.8. The molecule has 0 aliphatic heterocycles. The van der Waals surface area contributed by atoms with Gasteiger partial charge in [0.1, 0.15) is 0 Å². The average Bonchev–Trinajstić information content (AvgIpc) is 2.89. The number of hydrogen-bond acceptors (Lipinski definition) is 5. The molecule has 7 nitrogen and oxygen atoms in total. The van der Waals surface area contributed by atoms with E-state index in [4.69, 9.17) is 4.74 Å². The maximum atomic E-state index is 12.8. The zero-order valence-corrected chi connectivity index (χ0v) is 20.6. The summed E-state index contributed by atoms with van der Waals surface area (Å²) in [5.74, 6) is -1.58. The molecule has 0 aliphatic rings. The zero-order chi connectivity index (χ0) is 26.1. The quantitative estimate of drug-likeness (QED) is 0.312. The second kappa shape index (κ2) is 12.4. The Morgan fingerprint density at radius 2 is 1.33 bits per heavy atom. The molecule has 0 bridgehead atoms. The summed E-state index contributed by atoms with van der Waals surface area (Å²) < 4.78 is 5.42. The van der Waals surface area contributed by atoms with Gasteiger partial charge in [0.25, 0.3) is 5.91 Å². The number of nitrogens with one attached hydrogen (secondary N) is 2. The van der Waals surface area contributed by atoms with Crippen LogP contribution in [0.1, 0.15) is 59.5 Å². The van der Waals surface area contributed by atoms with Crippen LogP contribution in [0.4, 0.5) is 5.69 Å². The first kappa shape index (κ1) is 26.3. The van der Waals surface area contributed by atoms with Crippen LogP contribution < -0.4 is 10.6 Å². The Balaban J connectivity index is 1.64. The van der Waals surface area contributed by atoms with Gasteiger partial charge in [-0.15, -0.1) is 0 Å². The third-order valence-corrected chi connectivity index (χ3v) is 5.55. The lowest BCUT2D eigenvalue weighted by Crippen LogP contribution is -2.32. The van der Waals surface area contributed by atoms with Gasteiger partial charge in [0.05, 0.1) is 12.5 Å². The highest BCUT2D eigenvalue weighted by molar-refractivity contribution is 6.01. The Morgan fingerprint density at radius 3 is 1.92 bits per heavy atom. The van der Waals surface area contributed by atoms with Gasteiger partial charge in [0.2, 0.25) is 11.7 Å². The molecule has 36 heavy (non-hydrogen) atoms. The summed E-state index contributed by atoms with van der Waals surface area (Å²) in [5, 5.41) is 5.65. The van der Waals surface area contributed by atoms with E-state index in [1.54, 1.807) is 62.4 Å². The van der Waals surface area contributed by atoms with E-state index in [-0.39, 0.29) is 29.9 Å². The number of ketones is 1. The molecule has 0 saturated carbocycles. The van der Waals surface area contributed by atoms with Crippen LogP contribution in [0.2, 0.25) is 0 Å². The van der Waals surface area contributed by atoms with E-state index >= 15 is 0 Å². The summed E-state index contributed by atoms with van der Waals surface area (Å²) >= 11 is 0. The van der Waals surface area contributed by atoms with Crippen molar-refractivity contribution in [2.75, 3.05) is 5.32 Å². The van der Waals surface area contributed by atoms with E-state index in [2.05, 4.69) is 10.6 Å². The highest BCUT2D eigenvalue weighted by Crippen LogP contribution is 2.20. The lowest BCUT2D eigenvalue weighted by atomic mass is 10.0. The molecular weight excluding hydrogens is 456 g/mol. The molecule has 3 aromatic rings. The van der Waals surface area contributed by atoms with Crippen LogP contribution >= 0.6 is 0 Å². The third-order valence-electron chi connectivity index (χ3n) is 5.55. The molecule has 0 aromatic heterocycles. The number of hydrogen-bond donors (Lipinski definition) is 2. The van der Waals surface area contributed by atoms with Crippen molar-refractivity contribution >= 4 is 29.3 Å². The smallest absolute Gasteiger partial charge is 0.308 e. The Kier molecular flexibility index (Phi) is 9.11. The highest BCUT2D eigenvalue weighted by Gasteiger charge is 2.24. The number of carbonyl (C=O) groups is 4. The predicted octanol–water partition coefficient (Wildman–Crippen LogP) is 4.96. The largest absolute Gasteiger partial charge is 0.454 e. The Labute approximate surface area is 210 Å². The maximum absolute atomic E-state index is 12.8. The van der Waals surface area contributed by atoms with Gasteiger partial charge in [0, 0.05) is 22.7 Å². The number of amides is 2. The van der Waals surface area contributed by atoms with Crippen LogP contribution in [0, 0.1) is 5.92 Å². The van der Waals surface area contributed by atoms with Crippen molar-refractivity contribution in [2.24, 2.45) is 5.92 Å². The number of carbonyl (C=O) groups excluding carboxylic acids is 4. The minimum absolute atomic E-state index is 0.122. The molecular formula is C29H30N2O5. The Hall–Kier alpha value is -4.26. The SMILES string of the molecule is CC(C)C(=O)Nc1ccc(C(=O)[C@H](C)OC(=O)C[C@@H](NC(=O)c2ccccc2)c2ccccc2)cc1. The molecule has 3 aromatic carbocycles. The van der Waals surface area contributed by atoms with E-state index in [9.17, 15) is 19.2 Å². The Morgan fingerprint density at radius 1 is 0.750 bits per heavy atom. The third kappa shape index (κ3) is 7.37. The second-order valence-corrected chi connectivity index (χ2v) is 8.72. The van der Waals surface area contributed by atoms with Crippen LogP contribution in [0.3, 0.4) is 0 Å². The number of ether oxygens (including phenoxy) is 1. The molecule has 2 amide bonds. The molecule has 2 atom stereocenters. The molecule has 0 spiro atoms. The molecule has 186 valence electrons. The lowest BCUT2D eigenvalue weighted by molar-refractivity contribution is -0.146. The van der Waals surface area contributed by atoms with E-state index in [0.29, 0.717) is 16.8 Å². The predicted molar refractivity (Wildman–Crippen MR) is 138 cm³/mol. The fraction of sp³-hybridized carbons (Fsp3) is 0.241. The molecule has 0 fully saturated rings. The summed E-state index contributed by atoms with van der Waals surface area (Å²) in [7, 11) is 0. The van der Waals surface area contributed by atoms with Crippen molar-refractivity contribution in [3.05, 3.63) is 102 Å². The molecule has 0 unspecified atom stereocenters. The van der Waals surface area contributed by atoms with E-state index < -0.39 is 18.1 Å². The van der Waals surface area contributed by atoms with Crippen LogP contribution in [0.5, 0.6) is 0 Å². The second-order valence-electron chi connectivity index (χ2n) is 8.72. The highest BCUT2D eigenvalue weighted by atomic mass is 16.5. The van der Waals surface area contributed by atoms with Gasteiger partial charge >= 0.3 is 5.97 Å². The lowest BCUT2D eigenvalue weighted by Gasteiger charge is -2.20. The first-order valence-corrected chi connectivity index (χ1v) is 11.8. The van der Waals surface area contributed by atoms with Crippen molar-refractivity contribution in [3.63, 3.8) is 0 Å². The summed E-state index contributed by atoms with van der Waals surface area (Å²) in [6.45, 7) is 5.09. The number of Topliss-reactive ketones (excluding diaryl/α,β-unsaturated/α-hetero) is 1. The van der Waals surface area contributed by atoms with Crippen LogP contribution in [-0.2, 0) is 14.3 Å². The summed E-state index contributed by atoms with van der Waals surface area (Å²) in [6, 6.07) is 23.6. The molecule has 7 heteroatoms. The minimum atomic E-state index is -1.02. The van der Waals surface area contributed by atoms with Gasteiger partial charge in [-0.05, 0) is 48.9 Å². The number of esters is 1. The van der Waals surface area contributed by atoms with Crippen molar-refractivity contribution < 1.29 is 23.9 Å². The summed E-state index contributed by atoms with van der Waals surface area (Å²) in [4.78, 5) is 50.1. The van der Waals surface area contributed by atoms with Crippen molar-refractivity contribution in [2.45, 2.75) is 39.3 Å². The van der Waals surface area contributed by atoms with Crippen molar-refractivity contribution in [1.82, 2.24) is 5.32 Å². The first-order chi connectivity index (χ1) is 17.2. The van der Waals surface area contributed by atoms with Crippen molar-refractivity contribution in [3.8, 4) is 0 Å². The van der Waals surface area contributed by atoms with Crippen LogP contribution in [0.15, 0.2) is 84.9 Å². The molecule has 0 radical (unpaired) electrons. The number of rotatable bonds is 10. The van der Waals surface area contributed by atoms with Gasteiger partial charge in [-0.2, -0.15) is 0 Å². The molecule has 2 N–H and O–H groups in total. The molecule has 0 aliphatic carbocycles. The zero-order valence-electron chi connectivity index (χ0n) is 20.6. The summed E-state index contributed by atoms with van der Waals surface area (Å²) in [5.41, 5.74) is 2.16. The van der Waals surface area contributed by atoms with Gasteiger partial charge in [-0.25, -0.2) is 0 Å². The van der Waals surface area contributed by atoms with Crippen molar-refractivity contribution in [1.29, 1.82) is 0 Å². The van der Waals surface area contributed by atoms with E-state index in [1.165, 1.54) is 6.92 Å². The fourth-order valence-electron chi connectivity index (χ4n) is 3.47. The molecule has 0 saturated heterocycles. The number of benzene rings is 3. The maximum Gasteiger partial charge on any atom is 0.308 e. The summed E-state index contributed by atoms with van der Waals surface area (Å²) in [6.07, 6.45) is -1.16. The van der Waals surface area contributed by atoms with E-state index in [0.717, 1.165) is 5.56 Å². The standard InChI is InChI=1S/C29H30N2O5/c1-19(2)28(34)30-24-16-14-22(15-17-24)27(33)20(3)36-26(32)18-25(21-10-6-4-7-11-21)31-29(35)23-12-8-5-9-13-23/h4-17,19-20,25H,18H2,1-3H3,(H,30,34)(H,31,35)/t20-,25+/m0/s1. The van der Waals surface area contributed by atoms with Crippen LogP contribution in [-0.4, -0.2) is 29.7 Å². The van der Waals surface area contributed by atoms with Gasteiger partial charge < -0.3 is 15.4 Å². The minimum Gasteiger partial charge on any atom is -0.454 e. The van der Waals surface area contributed by atoms with Gasteiger partial charge in [-0.3, -0.25) is 19.2 Å². The van der Waals surface area contributed by atoms with E-state index in [1.807, 2.05) is 36.4 Å². The average molecular weight is 487 g/mol. The molecule has 0 heterocycles. The number of anilines is 1. The Bertz CT molecular complexity index is 1190. The monoisotopic (exact) mass is 486 g/mol. The molecule has 3 rings (SSSR count). The van der Waals surface area contributed by atoms with Crippen LogP contribution in [0.25, 0.3) is 0 Å². The van der Waals surface area contributed by atoms with Gasteiger partial charge in [0.15, 0.2) is 6.10 Å². The van der Waals surface area contributed by atoms with Gasteiger partial charge in [-0.1, -0.05) is 62.4 Å².